The number of hydrogen-bond donors (Lipinski definition) is 1. The number of anilines is 1. The summed E-state index contributed by atoms with van der Waals surface area (Å²) in [5, 5.41) is 2.28. The lowest BCUT2D eigenvalue weighted by Gasteiger charge is -2.04. The number of ether oxygens (including phenoxy) is 1. The van der Waals surface area contributed by atoms with Gasteiger partial charge in [0.1, 0.15) is 0 Å². The minimum atomic E-state index is 0.421. The van der Waals surface area contributed by atoms with Crippen LogP contribution in [0.25, 0.3) is 10.8 Å². The molecule has 0 radical (unpaired) electrons. The highest BCUT2D eigenvalue weighted by Gasteiger charge is 1.97. The number of carbonyl (C=O) groups is 1. The van der Waals surface area contributed by atoms with Gasteiger partial charge in [0.25, 0.3) is 6.47 Å². The molecule has 0 atom stereocenters. The van der Waals surface area contributed by atoms with Crippen LogP contribution >= 0.6 is 0 Å². The quantitative estimate of drug-likeness (QED) is 0.483. The van der Waals surface area contributed by atoms with E-state index >= 15 is 0 Å². The van der Waals surface area contributed by atoms with Gasteiger partial charge in [-0.1, -0.05) is 24.3 Å². The molecule has 0 heterocycles. The van der Waals surface area contributed by atoms with Crippen LogP contribution in [-0.4, -0.2) is 13.1 Å². The molecule has 0 unspecified atom stereocenters. The second-order valence-corrected chi connectivity index (χ2v) is 3.66. The number of carbonyl (C=O) groups excluding carboxylic acids is 1. The largest absolute Gasteiger partial charge is 0.468 e. The van der Waals surface area contributed by atoms with E-state index < -0.39 is 0 Å². The fourth-order valence-corrected chi connectivity index (χ4v) is 1.69. The lowest BCUT2D eigenvalue weighted by atomic mass is 10.0. The van der Waals surface area contributed by atoms with Gasteiger partial charge >= 0.3 is 0 Å². The third kappa shape index (κ3) is 2.31. The molecule has 0 amide bonds. The lowest BCUT2D eigenvalue weighted by molar-refractivity contribution is -0.128. The Hall–Kier alpha value is -2.03. The Bertz CT molecular complexity index is 508. The predicted octanol–water partition coefficient (Wildman–Crippen LogP) is 2.14. The van der Waals surface area contributed by atoms with Gasteiger partial charge in [-0.25, -0.2) is 0 Å². The molecule has 0 saturated heterocycles. The smallest absolute Gasteiger partial charge is 0.293 e. The highest BCUT2D eigenvalue weighted by Crippen LogP contribution is 2.19. The second kappa shape index (κ2) is 4.66. The standard InChI is InChI=1S/C13H13NO2/c14-13-4-3-11-7-10(5-6-16-9-15)1-2-12(11)8-13/h1-4,7-9H,5-6,14H2. The maximum absolute atomic E-state index is 10.0. The average Bonchev–Trinajstić information content (AvgIpc) is 2.29. The van der Waals surface area contributed by atoms with E-state index in [1.54, 1.807) is 0 Å². The Balaban J connectivity index is 2.23. The number of benzene rings is 2. The second-order valence-electron chi connectivity index (χ2n) is 3.66. The van der Waals surface area contributed by atoms with Gasteiger partial charge in [0.2, 0.25) is 0 Å². The molecule has 0 aliphatic heterocycles. The van der Waals surface area contributed by atoms with Crippen molar-refractivity contribution in [1.29, 1.82) is 0 Å². The van der Waals surface area contributed by atoms with E-state index in [4.69, 9.17) is 5.73 Å². The van der Waals surface area contributed by atoms with Crippen molar-refractivity contribution in [3.63, 3.8) is 0 Å². The van der Waals surface area contributed by atoms with Gasteiger partial charge in [0, 0.05) is 12.1 Å². The summed E-state index contributed by atoms with van der Waals surface area (Å²) in [6.07, 6.45) is 0.735. The summed E-state index contributed by atoms with van der Waals surface area (Å²) in [5.74, 6) is 0. The summed E-state index contributed by atoms with van der Waals surface area (Å²) < 4.78 is 4.67. The summed E-state index contributed by atoms with van der Waals surface area (Å²) in [4.78, 5) is 10.0. The van der Waals surface area contributed by atoms with Crippen LogP contribution in [0.5, 0.6) is 0 Å². The van der Waals surface area contributed by atoms with E-state index in [2.05, 4.69) is 10.8 Å². The van der Waals surface area contributed by atoms with Crippen molar-refractivity contribution in [2.45, 2.75) is 6.42 Å². The predicted molar refractivity (Wildman–Crippen MR) is 64.1 cm³/mol. The first kappa shape index (κ1) is 10.5. The monoisotopic (exact) mass is 215 g/mol. The van der Waals surface area contributed by atoms with Gasteiger partial charge in [-0.3, -0.25) is 4.79 Å². The van der Waals surface area contributed by atoms with Crippen LogP contribution in [0.2, 0.25) is 0 Å². The zero-order valence-electron chi connectivity index (χ0n) is 8.85. The molecule has 2 aromatic carbocycles. The van der Waals surface area contributed by atoms with Crippen molar-refractivity contribution in [2.24, 2.45) is 0 Å². The highest BCUT2D eigenvalue weighted by atomic mass is 16.5. The van der Waals surface area contributed by atoms with Gasteiger partial charge in [-0.15, -0.1) is 0 Å². The molecule has 2 aromatic rings. The Labute approximate surface area is 93.8 Å². The van der Waals surface area contributed by atoms with Crippen molar-refractivity contribution in [3.05, 3.63) is 42.0 Å². The number of fused-ring (bicyclic) bond motifs is 1. The molecule has 82 valence electrons. The minimum absolute atomic E-state index is 0.421. The molecule has 0 aromatic heterocycles. The first-order valence-electron chi connectivity index (χ1n) is 5.13. The van der Waals surface area contributed by atoms with Gasteiger partial charge in [0.15, 0.2) is 0 Å². The number of rotatable bonds is 4. The molecule has 16 heavy (non-hydrogen) atoms. The molecular weight excluding hydrogens is 202 g/mol. The Morgan fingerprint density at radius 1 is 1.12 bits per heavy atom. The molecule has 0 fully saturated rings. The van der Waals surface area contributed by atoms with Gasteiger partial charge < -0.3 is 10.5 Å². The normalized spacial score (nSPS) is 10.2. The molecule has 2 rings (SSSR count). The van der Waals surface area contributed by atoms with Crippen LogP contribution < -0.4 is 5.73 Å². The van der Waals surface area contributed by atoms with Gasteiger partial charge in [0.05, 0.1) is 6.61 Å². The van der Waals surface area contributed by atoms with Crippen LogP contribution in [0.15, 0.2) is 36.4 Å². The summed E-state index contributed by atoms with van der Waals surface area (Å²) in [7, 11) is 0. The zero-order valence-corrected chi connectivity index (χ0v) is 8.85. The summed E-state index contributed by atoms with van der Waals surface area (Å²) >= 11 is 0. The van der Waals surface area contributed by atoms with Gasteiger partial charge in [-0.05, 0) is 28.5 Å². The zero-order chi connectivity index (χ0) is 11.4. The minimum Gasteiger partial charge on any atom is -0.468 e. The van der Waals surface area contributed by atoms with E-state index in [1.807, 2.05) is 30.3 Å². The summed E-state index contributed by atoms with van der Waals surface area (Å²) in [6.45, 7) is 0.895. The Morgan fingerprint density at radius 2 is 1.88 bits per heavy atom. The number of nitrogen functional groups attached to an aromatic ring is 1. The third-order valence-corrected chi connectivity index (χ3v) is 2.51. The molecule has 3 heteroatoms. The van der Waals surface area contributed by atoms with Crippen molar-refractivity contribution >= 4 is 22.9 Å². The van der Waals surface area contributed by atoms with E-state index in [0.29, 0.717) is 13.1 Å². The Morgan fingerprint density at radius 3 is 2.69 bits per heavy atom. The topological polar surface area (TPSA) is 52.3 Å². The fourth-order valence-electron chi connectivity index (χ4n) is 1.69. The van der Waals surface area contributed by atoms with E-state index in [0.717, 1.165) is 28.4 Å². The third-order valence-electron chi connectivity index (χ3n) is 2.51. The van der Waals surface area contributed by atoms with Crippen molar-refractivity contribution in [1.82, 2.24) is 0 Å². The van der Waals surface area contributed by atoms with Crippen LogP contribution in [0.1, 0.15) is 5.56 Å². The average molecular weight is 215 g/mol. The number of nitrogens with two attached hydrogens (primary N) is 1. The molecule has 2 N–H and O–H groups in total. The Kier molecular flexibility index (Phi) is 3.05. The van der Waals surface area contributed by atoms with E-state index in [9.17, 15) is 4.79 Å². The van der Waals surface area contributed by atoms with Gasteiger partial charge in [-0.2, -0.15) is 0 Å². The van der Waals surface area contributed by atoms with Crippen molar-refractivity contribution in [3.8, 4) is 0 Å². The SMILES string of the molecule is Nc1ccc2cc(CCOC=O)ccc2c1. The lowest BCUT2D eigenvalue weighted by Crippen LogP contribution is -1.96. The maximum Gasteiger partial charge on any atom is 0.293 e. The summed E-state index contributed by atoms with van der Waals surface area (Å²) in [5.41, 5.74) is 7.62. The first-order chi connectivity index (χ1) is 7.79. The van der Waals surface area contributed by atoms with Crippen LogP contribution in [0, 0.1) is 0 Å². The maximum atomic E-state index is 10.0. The van der Waals surface area contributed by atoms with E-state index in [1.165, 1.54) is 0 Å². The summed E-state index contributed by atoms with van der Waals surface area (Å²) in [6, 6.07) is 12.0. The van der Waals surface area contributed by atoms with Crippen LogP contribution in [0.4, 0.5) is 5.69 Å². The molecular formula is C13H13NO2. The van der Waals surface area contributed by atoms with Crippen LogP contribution in [-0.2, 0) is 16.0 Å². The number of hydrogen-bond acceptors (Lipinski definition) is 3. The highest BCUT2D eigenvalue weighted by molar-refractivity contribution is 5.85. The molecule has 0 aliphatic carbocycles. The first-order valence-corrected chi connectivity index (χ1v) is 5.13. The van der Waals surface area contributed by atoms with Crippen molar-refractivity contribution in [2.75, 3.05) is 12.3 Å². The van der Waals surface area contributed by atoms with Crippen molar-refractivity contribution < 1.29 is 9.53 Å². The molecule has 3 nitrogen and oxygen atoms in total. The molecule has 0 saturated carbocycles. The fraction of sp³-hybridized carbons (Fsp3) is 0.154. The molecule has 0 bridgehead atoms. The molecule has 0 aliphatic rings. The van der Waals surface area contributed by atoms with E-state index in [-0.39, 0.29) is 0 Å². The van der Waals surface area contributed by atoms with Crippen LogP contribution in [0.3, 0.4) is 0 Å². The molecule has 0 spiro atoms.